The molecule has 0 rings (SSSR count). The van der Waals surface area contributed by atoms with Gasteiger partial charge < -0.3 is 14.2 Å². The Kier molecular flexibility index (Phi) is 48.8. The van der Waals surface area contributed by atoms with Crippen LogP contribution in [-0.4, -0.2) is 37.2 Å². The molecule has 0 aromatic carbocycles. The Morgan fingerprint density at radius 3 is 0.984 bits per heavy atom. The van der Waals surface area contributed by atoms with Crippen molar-refractivity contribution in [1.29, 1.82) is 0 Å². The summed E-state index contributed by atoms with van der Waals surface area (Å²) in [6.45, 7) is 6.44. The van der Waals surface area contributed by atoms with Gasteiger partial charge in [-0.2, -0.15) is 0 Å². The summed E-state index contributed by atoms with van der Waals surface area (Å²) in [5.74, 6) is -0.877. The van der Waals surface area contributed by atoms with Crippen LogP contribution in [0.25, 0.3) is 0 Å². The van der Waals surface area contributed by atoms with Gasteiger partial charge >= 0.3 is 17.9 Å². The lowest BCUT2D eigenvalue weighted by molar-refractivity contribution is -0.167. The summed E-state index contributed by atoms with van der Waals surface area (Å²) in [4.78, 5) is 37.5. The lowest BCUT2D eigenvalue weighted by atomic mass is 10.0. The largest absolute Gasteiger partial charge is 0.462 e. The lowest BCUT2D eigenvalue weighted by Crippen LogP contribution is -2.30. The van der Waals surface area contributed by atoms with E-state index in [1.807, 2.05) is 0 Å². The van der Waals surface area contributed by atoms with E-state index in [1.54, 1.807) is 0 Å². The zero-order chi connectivity index (χ0) is 45.1. The molecule has 6 heteroatoms. The second-order valence-electron chi connectivity index (χ2n) is 17.8. The highest BCUT2D eigenvalue weighted by atomic mass is 16.6. The highest BCUT2D eigenvalue weighted by Gasteiger charge is 2.19. The average Bonchev–Trinajstić information content (AvgIpc) is 3.27. The second kappa shape index (κ2) is 51.0. The van der Waals surface area contributed by atoms with Crippen LogP contribution in [-0.2, 0) is 28.6 Å². The van der Waals surface area contributed by atoms with Crippen LogP contribution < -0.4 is 0 Å². The summed E-state index contributed by atoms with van der Waals surface area (Å²) >= 11 is 0. The molecule has 0 N–H and O–H groups in total. The van der Waals surface area contributed by atoms with Crippen molar-refractivity contribution in [3.8, 4) is 0 Å². The fourth-order valence-electron chi connectivity index (χ4n) is 7.61. The number of carbonyl (C=O) groups excluding carboxylic acids is 3. The van der Waals surface area contributed by atoms with Gasteiger partial charge in [-0.3, -0.25) is 14.4 Å². The van der Waals surface area contributed by atoms with Crippen LogP contribution in [0.15, 0.2) is 48.6 Å². The Bertz CT molecular complexity index is 1090. The maximum Gasteiger partial charge on any atom is 0.306 e. The third-order valence-corrected chi connectivity index (χ3v) is 11.6. The van der Waals surface area contributed by atoms with E-state index in [9.17, 15) is 14.4 Å². The SMILES string of the molecule is CC/C=C\C/C=C\C/C=C\C/C=C\CCCCCCCCCCCCCCCCCCC(=O)OCC(COC(=O)CCCCCCC)OC(=O)CCCCCCCCCCCC. The first-order valence-corrected chi connectivity index (χ1v) is 26.6. The molecule has 0 saturated heterocycles. The smallest absolute Gasteiger partial charge is 0.306 e. The summed E-state index contributed by atoms with van der Waals surface area (Å²) in [5, 5.41) is 0. The Labute approximate surface area is 384 Å². The van der Waals surface area contributed by atoms with Gasteiger partial charge in [-0.05, 0) is 57.8 Å². The molecule has 0 saturated carbocycles. The van der Waals surface area contributed by atoms with Crippen molar-refractivity contribution < 1.29 is 28.6 Å². The van der Waals surface area contributed by atoms with Crippen LogP contribution in [0, 0.1) is 0 Å². The van der Waals surface area contributed by atoms with Gasteiger partial charge in [0.15, 0.2) is 6.10 Å². The topological polar surface area (TPSA) is 78.9 Å². The first kappa shape index (κ1) is 59.4. The minimum absolute atomic E-state index is 0.0693. The lowest BCUT2D eigenvalue weighted by Gasteiger charge is -2.18. The molecule has 6 nitrogen and oxygen atoms in total. The Morgan fingerprint density at radius 1 is 0.339 bits per heavy atom. The molecule has 0 radical (unpaired) electrons. The van der Waals surface area contributed by atoms with Crippen molar-refractivity contribution in [3.05, 3.63) is 48.6 Å². The van der Waals surface area contributed by atoms with E-state index < -0.39 is 6.10 Å². The molecule has 0 aliphatic rings. The van der Waals surface area contributed by atoms with Crippen molar-refractivity contribution in [2.75, 3.05) is 13.2 Å². The van der Waals surface area contributed by atoms with Gasteiger partial charge in [0, 0.05) is 19.3 Å². The van der Waals surface area contributed by atoms with Gasteiger partial charge in [-0.25, -0.2) is 0 Å². The molecule has 0 bridgehead atoms. The van der Waals surface area contributed by atoms with Crippen LogP contribution in [0.3, 0.4) is 0 Å². The van der Waals surface area contributed by atoms with Crippen molar-refractivity contribution in [1.82, 2.24) is 0 Å². The summed E-state index contributed by atoms with van der Waals surface area (Å²) in [6.07, 6.45) is 61.6. The maximum atomic E-state index is 12.7. The van der Waals surface area contributed by atoms with E-state index in [1.165, 1.54) is 141 Å². The molecule has 0 aromatic heterocycles. The molecular weight excluding hydrogens is 769 g/mol. The van der Waals surface area contributed by atoms with Crippen molar-refractivity contribution in [2.45, 2.75) is 277 Å². The first-order chi connectivity index (χ1) is 30.5. The number of hydrogen-bond donors (Lipinski definition) is 0. The highest BCUT2D eigenvalue weighted by molar-refractivity contribution is 5.71. The Balaban J connectivity index is 3.92. The first-order valence-electron chi connectivity index (χ1n) is 26.6. The summed E-state index contributed by atoms with van der Waals surface area (Å²) in [5.41, 5.74) is 0. The molecule has 1 unspecified atom stereocenters. The summed E-state index contributed by atoms with van der Waals surface area (Å²) in [6, 6.07) is 0. The molecule has 62 heavy (non-hydrogen) atoms. The number of esters is 3. The number of allylic oxidation sites excluding steroid dienone is 8. The fraction of sp³-hybridized carbons (Fsp3) is 0.804. The van der Waals surface area contributed by atoms with E-state index in [0.717, 1.165) is 89.9 Å². The molecule has 0 spiro atoms. The minimum atomic E-state index is -0.763. The predicted molar refractivity (Wildman–Crippen MR) is 265 cm³/mol. The number of rotatable bonds is 48. The minimum Gasteiger partial charge on any atom is -0.462 e. The van der Waals surface area contributed by atoms with Gasteiger partial charge in [0.1, 0.15) is 13.2 Å². The summed E-state index contributed by atoms with van der Waals surface area (Å²) < 4.78 is 16.6. The highest BCUT2D eigenvalue weighted by Crippen LogP contribution is 2.16. The molecule has 0 aliphatic carbocycles. The standard InChI is InChI=1S/C56H100O6/c1-4-7-10-13-15-17-19-20-21-22-23-24-25-26-27-28-29-30-31-32-33-34-35-36-37-39-40-43-46-49-55(58)61-52-53(51-60-54(57)48-45-42-12-9-6-3)62-56(59)50-47-44-41-38-18-16-14-11-8-5-2/h7,10,15,17,20-21,23-24,53H,4-6,8-9,11-14,16,18-19,22,25-52H2,1-3H3/b10-7-,17-15-,21-20-,24-23-. The fourth-order valence-corrected chi connectivity index (χ4v) is 7.61. The van der Waals surface area contributed by atoms with Gasteiger partial charge in [0.25, 0.3) is 0 Å². The maximum absolute atomic E-state index is 12.7. The van der Waals surface area contributed by atoms with Gasteiger partial charge in [0.05, 0.1) is 0 Å². The van der Waals surface area contributed by atoms with E-state index >= 15 is 0 Å². The zero-order valence-electron chi connectivity index (χ0n) is 41.1. The van der Waals surface area contributed by atoms with Crippen molar-refractivity contribution in [3.63, 3.8) is 0 Å². The molecule has 0 aliphatic heterocycles. The number of unbranched alkanes of at least 4 members (excludes halogenated alkanes) is 29. The second-order valence-corrected chi connectivity index (χ2v) is 17.8. The van der Waals surface area contributed by atoms with Crippen LogP contribution in [0.5, 0.6) is 0 Å². The third kappa shape index (κ3) is 48.4. The molecular formula is C56H100O6. The normalized spacial score (nSPS) is 12.4. The van der Waals surface area contributed by atoms with E-state index in [0.29, 0.717) is 19.3 Å². The third-order valence-electron chi connectivity index (χ3n) is 11.6. The van der Waals surface area contributed by atoms with Crippen LogP contribution in [0.2, 0.25) is 0 Å². The molecule has 0 heterocycles. The van der Waals surface area contributed by atoms with Crippen LogP contribution in [0.4, 0.5) is 0 Å². The molecule has 0 aromatic rings. The Morgan fingerprint density at radius 2 is 0.629 bits per heavy atom. The van der Waals surface area contributed by atoms with Crippen molar-refractivity contribution in [2.24, 2.45) is 0 Å². The molecule has 1 atom stereocenters. The van der Waals surface area contributed by atoms with E-state index in [2.05, 4.69) is 69.4 Å². The van der Waals surface area contributed by atoms with E-state index in [-0.39, 0.29) is 31.1 Å². The van der Waals surface area contributed by atoms with Gasteiger partial charge in [-0.1, -0.05) is 243 Å². The molecule has 0 amide bonds. The predicted octanol–water partition coefficient (Wildman–Crippen LogP) is 17.5. The quantitative estimate of drug-likeness (QED) is 0.0262. The Hall–Kier alpha value is -2.63. The molecule has 0 fully saturated rings. The zero-order valence-corrected chi connectivity index (χ0v) is 41.1. The number of hydrogen-bond acceptors (Lipinski definition) is 6. The van der Waals surface area contributed by atoms with Gasteiger partial charge in [-0.15, -0.1) is 0 Å². The van der Waals surface area contributed by atoms with Gasteiger partial charge in [0.2, 0.25) is 0 Å². The van der Waals surface area contributed by atoms with Crippen LogP contribution >= 0.6 is 0 Å². The molecule has 360 valence electrons. The summed E-state index contributed by atoms with van der Waals surface area (Å²) in [7, 11) is 0. The van der Waals surface area contributed by atoms with Crippen LogP contribution in [0.1, 0.15) is 271 Å². The van der Waals surface area contributed by atoms with E-state index in [4.69, 9.17) is 14.2 Å². The number of carbonyl (C=O) groups is 3. The van der Waals surface area contributed by atoms with Crippen molar-refractivity contribution >= 4 is 17.9 Å². The monoisotopic (exact) mass is 869 g/mol. The average molecular weight is 869 g/mol. The number of ether oxygens (including phenoxy) is 3.